The van der Waals surface area contributed by atoms with Gasteiger partial charge in [0.05, 0.1) is 22.6 Å². The van der Waals surface area contributed by atoms with Crippen LogP contribution in [-0.2, 0) is 16.1 Å². The number of carbonyl (C=O) groups excluding carboxylic acids is 1. The van der Waals surface area contributed by atoms with Gasteiger partial charge in [0.15, 0.2) is 0 Å². The second-order valence-corrected chi connectivity index (χ2v) is 6.14. The highest BCUT2D eigenvalue weighted by molar-refractivity contribution is 5.86. The Bertz CT molecular complexity index is 1160. The van der Waals surface area contributed by atoms with Gasteiger partial charge in [-0.05, 0) is 42.8 Å². The normalized spacial score (nSPS) is 11.1. The van der Waals surface area contributed by atoms with Crippen LogP contribution in [0.5, 0.6) is 0 Å². The Kier molecular flexibility index (Phi) is 4.12. The van der Waals surface area contributed by atoms with Crippen LogP contribution in [0.4, 0.5) is 5.69 Å². The first-order valence-electron chi connectivity index (χ1n) is 8.58. The van der Waals surface area contributed by atoms with E-state index in [2.05, 4.69) is 0 Å². The summed E-state index contributed by atoms with van der Waals surface area (Å²) in [6.07, 6.45) is 1.97. The van der Waals surface area contributed by atoms with Crippen molar-refractivity contribution in [3.8, 4) is 11.1 Å². The van der Waals surface area contributed by atoms with Crippen molar-refractivity contribution in [2.75, 3.05) is 6.61 Å². The maximum Gasteiger partial charge on any atom is 0.326 e. The Morgan fingerprint density at radius 2 is 1.78 bits per heavy atom. The van der Waals surface area contributed by atoms with Crippen LogP contribution in [0.1, 0.15) is 6.92 Å². The smallest absolute Gasteiger partial charge is 0.326 e. The van der Waals surface area contributed by atoms with E-state index in [0.717, 1.165) is 27.8 Å². The molecular formula is C20H17N3O4. The number of nitro groups is 1. The molecule has 2 aromatic carbocycles. The van der Waals surface area contributed by atoms with Gasteiger partial charge in [-0.2, -0.15) is 0 Å². The van der Waals surface area contributed by atoms with Crippen molar-refractivity contribution in [1.29, 1.82) is 0 Å². The molecule has 0 radical (unpaired) electrons. The first kappa shape index (κ1) is 16.8. The Morgan fingerprint density at radius 1 is 1.07 bits per heavy atom. The molecule has 0 N–H and O–H groups in total. The third-order valence-corrected chi connectivity index (χ3v) is 4.51. The van der Waals surface area contributed by atoms with Gasteiger partial charge in [0.2, 0.25) is 0 Å². The van der Waals surface area contributed by atoms with E-state index in [1.807, 2.05) is 45.5 Å². The molecule has 0 atom stereocenters. The summed E-state index contributed by atoms with van der Waals surface area (Å²) in [6, 6.07) is 16.2. The fourth-order valence-corrected chi connectivity index (χ4v) is 3.31. The Labute approximate surface area is 154 Å². The molecule has 0 aliphatic carbocycles. The van der Waals surface area contributed by atoms with E-state index >= 15 is 0 Å². The molecular weight excluding hydrogens is 346 g/mol. The monoisotopic (exact) mass is 363 g/mol. The average molecular weight is 363 g/mol. The third-order valence-electron chi connectivity index (χ3n) is 4.51. The molecule has 0 fully saturated rings. The zero-order chi connectivity index (χ0) is 19.0. The topological polar surface area (TPSA) is 78.8 Å². The van der Waals surface area contributed by atoms with Crippen LogP contribution >= 0.6 is 0 Å². The average Bonchev–Trinajstić information content (AvgIpc) is 3.21. The molecule has 0 aliphatic rings. The largest absolute Gasteiger partial charge is 0.465 e. The molecule has 0 unspecified atom stereocenters. The van der Waals surface area contributed by atoms with Crippen molar-refractivity contribution < 1.29 is 14.5 Å². The number of non-ortho nitro benzene ring substituents is 1. The van der Waals surface area contributed by atoms with Gasteiger partial charge in [-0.1, -0.05) is 12.1 Å². The van der Waals surface area contributed by atoms with Gasteiger partial charge in [0, 0.05) is 23.9 Å². The highest BCUT2D eigenvalue weighted by Crippen LogP contribution is 2.29. The number of nitrogens with zero attached hydrogens (tertiary/aromatic N) is 3. The predicted molar refractivity (Wildman–Crippen MR) is 102 cm³/mol. The number of nitro benzene ring substituents is 1. The molecule has 0 bridgehead atoms. The first-order chi connectivity index (χ1) is 13.1. The summed E-state index contributed by atoms with van der Waals surface area (Å²) in [7, 11) is 0. The van der Waals surface area contributed by atoms with Crippen LogP contribution in [0.15, 0.2) is 60.8 Å². The molecule has 4 aromatic rings. The van der Waals surface area contributed by atoms with E-state index in [4.69, 9.17) is 4.74 Å². The SMILES string of the molecule is CCOC(=O)Cn1c2ccccc2n2cc(-c3ccc([N+](=O)[O-])cc3)cc12. The van der Waals surface area contributed by atoms with E-state index in [1.165, 1.54) is 12.1 Å². The number of imidazole rings is 1. The molecule has 7 nitrogen and oxygen atoms in total. The van der Waals surface area contributed by atoms with Crippen LogP contribution in [0.25, 0.3) is 27.8 Å². The molecule has 0 saturated carbocycles. The molecule has 27 heavy (non-hydrogen) atoms. The summed E-state index contributed by atoms with van der Waals surface area (Å²) in [5.41, 5.74) is 4.62. The molecule has 0 saturated heterocycles. The van der Waals surface area contributed by atoms with Crippen LogP contribution in [-0.4, -0.2) is 26.5 Å². The quantitative estimate of drug-likeness (QED) is 0.305. The van der Waals surface area contributed by atoms with Crippen LogP contribution < -0.4 is 0 Å². The van der Waals surface area contributed by atoms with Crippen molar-refractivity contribution >= 4 is 28.3 Å². The summed E-state index contributed by atoms with van der Waals surface area (Å²) < 4.78 is 9.05. The molecule has 2 aromatic heterocycles. The number of benzene rings is 2. The predicted octanol–water partition coefficient (Wildman–Crippen LogP) is 4.03. The number of hydrogen-bond acceptors (Lipinski definition) is 4. The Hall–Kier alpha value is -3.61. The number of rotatable bonds is 5. The van der Waals surface area contributed by atoms with Crippen LogP contribution in [0, 0.1) is 10.1 Å². The van der Waals surface area contributed by atoms with Gasteiger partial charge in [0.1, 0.15) is 12.2 Å². The second-order valence-electron chi connectivity index (χ2n) is 6.14. The van der Waals surface area contributed by atoms with Crippen LogP contribution in [0.3, 0.4) is 0 Å². The minimum atomic E-state index is -0.416. The fraction of sp³-hybridized carbons (Fsp3) is 0.150. The van der Waals surface area contributed by atoms with E-state index in [0.29, 0.717) is 6.61 Å². The minimum Gasteiger partial charge on any atom is -0.465 e. The lowest BCUT2D eigenvalue weighted by Crippen LogP contribution is -2.13. The number of aromatic nitrogens is 2. The maximum absolute atomic E-state index is 12.1. The van der Waals surface area contributed by atoms with E-state index in [1.54, 1.807) is 19.1 Å². The van der Waals surface area contributed by atoms with Gasteiger partial charge < -0.3 is 13.7 Å². The van der Waals surface area contributed by atoms with Crippen molar-refractivity contribution in [3.63, 3.8) is 0 Å². The van der Waals surface area contributed by atoms with Crippen molar-refractivity contribution in [3.05, 3.63) is 70.9 Å². The number of esters is 1. The summed E-state index contributed by atoms with van der Waals surface area (Å²) in [5.74, 6) is -0.293. The van der Waals surface area contributed by atoms with Gasteiger partial charge in [-0.25, -0.2) is 0 Å². The summed E-state index contributed by atoms with van der Waals surface area (Å²) in [6.45, 7) is 2.24. The van der Waals surface area contributed by atoms with Gasteiger partial charge in [-0.3, -0.25) is 14.9 Å². The second kappa shape index (κ2) is 6.60. The fourth-order valence-electron chi connectivity index (χ4n) is 3.31. The zero-order valence-electron chi connectivity index (χ0n) is 14.7. The lowest BCUT2D eigenvalue weighted by molar-refractivity contribution is -0.384. The Balaban J connectivity index is 1.83. The standard InChI is InChI=1S/C20H17N3O4/c1-2-27-20(24)13-22-18-6-4-3-5-17(18)21-12-15(11-19(21)22)14-7-9-16(10-8-14)23(25)26/h3-12H,2,13H2,1H3. The minimum absolute atomic E-state index is 0.0554. The molecule has 0 spiro atoms. The highest BCUT2D eigenvalue weighted by atomic mass is 16.6. The molecule has 2 heterocycles. The molecule has 136 valence electrons. The van der Waals surface area contributed by atoms with Crippen LogP contribution in [0.2, 0.25) is 0 Å². The molecule has 4 rings (SSSR count). The third kappa shape index (κ3) is 2.93. The van der Waals surface area contributed by atoms with E-state index < -0.39 is 4.92 Å². The number of fused-ring (bicyclic) bond motifs is 3. The number of para-hydroxylation sites is 2. The zero-order valence-corrected chi connectivity index (χ0v) is 14.7. The summed E-state index contributed by atoms with van der Waals surface area (Å²) in [5, 5.41) is 10.8. The van der Waals surface area contributed by atoms with E-state index in [9.17, 15) is 14.9 Å². The van der Waals surface area contributed by atoms with Crippen molar-refractivity contribution in [2.45, 2.75) is 13.5 Å². The molecule has 0 amide bonds. The maximum atomic E-state index is 12.1. The lowest BCUT2D eigenvalue weighted by Gasteiger charge is -2.05. The van der Waals surface area contributed by atoms with Gasteiger partial charge in [-0.15, -0.1) is 0 Å². The molecule has 7 heteroatoms. The number of carbonyl (C=O) groups is 1. The van der Waals surface area contributed by atoms with Gasteiger partial charge >= 0.3 is 5.97 Å². The lowest BCUT2D eigenvalue weighted by atomic mass is 10.1. The number of hydrogen-bond donors (Lipinski definition) is 0. The van der Waals surface area contributed by atoms with Gasteiger partial charge in [0.25, 0.3) is 5.69 Å². The summed E-state index contributed by atoms with van der Waals surface area (Å²) in [4.78, 5) is 22.5. The first-order valence-corrected chi connectivity index (χ1v) is 8.58. The van der Waals surface area contributed by atoms with E-state index in [-0.39, 0.29) is 18.2 Å². The summed E-state index contributed by atoms with van der Waals surface area (Å²) >= 11 is 0. The van der Waals surface area contributed by atoms with Crippen molar-refractivity contribution in [1.82, 2.24) is 8.97 Å². The van der Waals surface area contributed by atoms with Crippen molar-refractivity contribution in [2.24, 2.45) is 0 Å². The number of ether oxygens (including phenoxy) is 1. The highest BCUT2D eigenvalue weighted by Gasteiger charge is 2.16. The Morgan fingerprint density at radius 3 is 2.44 bits per heavy atom. The molecule has 0 aliphatic heterocycles.